The first-order valence-corrected chi connectivity index (χ1v) is 7.55. The van der Waals surface area contributed by atoms with Gasteiger partial charge in [0.05, 0.1) is 6.54 Å². The van der Waals surface area contributed by atoms with Crippen LogP contribution < -0.4 is 0 Å². The highest BCUT2D eigenvalue weighted by molar-refractivity contribution is 5.76. The summed E-state index contributed by atoms with van der Waals surface area (Å²) in [6.07, 6.45) is 0.521. The van der Waals surface area contributed by atoms with Crippen molar-refractivity contribution < 1.29 is 19.4 Å². The Morgan fingerprint density at radius 1 is 1.29 bits per heavy atom. The zero-order valence-electron chi connectivity index (χ0n) is 13.8. The highest BCUT2D eigenvalue weighted by Gasteiger charge is 2.35. The van der Waals surface area contributed by atoms with Crippen molar-refractivity contribution in [2.45, 2.75) is 52.7 Å². The molecule has 1 rings (SSSR count). The second-order valence-corrected chi connectivity index (χ2v) is 7.00. The number of carboxylic acids is 1. The third kappa shape index (κ3) is 5.91. The van der Waals surface area contributed by atoms with Gasteiger partial charge in [0.1, 0.15) is 11.6 Å². The summed E-state index contributed by atoms with van der Waals surface area (Å²) >= 11 is 0. The predicted molar refractivity (Wildman–Crippen MR) is 80.3 cm³/mol. The Kier molecular flexibility index (Phi) is 6.01. The van der Waals surface area contributed by atoms with Gasteiger partial charge < -0.3 is 14.7 Å². The Morgan fingerprint density at radius 3 is 2.38 bits per heavy atom. The molecule has 0 spiro atoms. The van der Waals surface area contributed by atoms with E-state index in [0.29, 0.717) is 19.0 Å². The van der Waals surface area contributed by atoms with Gasteiger partial charge >= 0.3 is 12.1 Å². The molecule has 1 fully saturated rings. The molecule has 1 amide bonds. The highest BCUT2D eigenvalue weighted by atomic mass is 16.6. The number of carbonyl (C=O) groups is 2. The van der Waals surface area contributed by atoms with E-state index >= 15 is 0 Å². The van der Waals surface area contributed by atoms with Crippen molar-refractivity contribution >= 4 is 12.1 Å². The molecule has 1 heterocycles. The summed E-state index contributed by atoms with van der Waals surface area (Å²) in [6, 6.07) is -0.648. The van der Waals surface area contributed by atoms with Gasteiger partial charge in [0.15, 0.2) is 0 Å². The Bertz CT molecular complexity index is 376. The van der Waals surface area contributed by atoms with Gasteiger partial charge in [-0.05, 0) is 39.7 Å². The molecule has 0 saturated carbocycles. The lowest BCUT2D eigenvalue weighted by atomic mass is 10.1. The number of aliphatic carboxylic acids is 1. The number of hydrogen-bond donors (Lipinski definition) is 1. The number of ether oxygens (including phenoxy) is 1. The Labute approximate surface area is 127 Å². The summed E-state index contributed by atoms with van der Waals surface area (Å²) < 4.78 is 5.31. The maximum Gasteiger partial charge on any atom is 0.410 e. The van der Waals surface area contributed by atoms with Crippen molar-refractivity contribution in [3.05, 3.63) is 0 Å². The van der Waals surface area contributed by atoms with Gasteiger partial charge in [-0.15, -0.1) is 0 Å². The number of rotatable bonds is 4. The van der Waals surface area contributed by atoms with Crippen LogP contribution in [0.2, 0.25) is 0 Å². The monoisotopic (exact) mass is 300 g/mol. The third-order valence-electron chi connectivity index (χ3n) is 3.42. The van der Waals surface area contributed by atoms with Crippen LogP contribution in [0.5, 0.6) is 0 Å². The van der Waals surface area contributed by atoms with Crippen molar-refractivity contribution in [1.82, 2.24) is 9.80 Å². The third-order valence-corrected chi connectivity index (χ3v) is 3.42. The Hall–Kier alpha value is -1.30. The fourth-order valence-electron chi connectivity index (χ4n) is 2.24. The van der Waals surface area contributed by atoms with E-state index in [-0.39, 0.29) is 6.54 Å². The molecular formula is C15H28N2O4. The summed E-state index contributed by atoms with van der Waals surface area (Å²) in [4.78, 5) is 26.9. The second-order valence-electron chi connectivity index (χ2n) is 7.00. The lowest BCUT2D eigenvalue weighted by Crippen LogP contribution is -2.58. The van der Waals surface area contributed by atoms with Crippen LogP contribution in [-0.2, 0) is 9.53 Å². The second kappa shape index (κ2) is 7.11. The van der Waals surface area contributed by atoms with E-state index in [0.717, 1.165) is 13.0 Å². The zero-order valence-corrected chi connectivity index (χ0v) is 13.8. The molecule has 0 aromatic rings. The normalized spacial score (nSPS) is 20.7. The summed E-state index contributed by atoms with van der Waals surface area (Å²) in [5.74, 6) is -0.352. The first kappa shape index (κ1) is 17.8. The minimum atomic E-state index is -0.882. The molecule has 1 atom stereocenters. The lowest BCUT2D eigenvalue weighted by molar-refractivity contribution is -0.145. The molecule has 0 aromatic heterocycles. The van der Waals surface area contributed by atoms with Crippen LogP contribution in [0.25, 0.3) is 0 Å². The quantitative estimate of drug-likeness (QED) is 0.860. The van der Waals surface area contributed by atoms with Crippen molar-refractivity contribution in [2.24, 2.45) is 5.92 Å². The molecule has 21 heavy (non-hydrogen) atoms. The molecule has 1 unspecified atom stereocenters. The molecule has 0 aliphatic carbocycles. The van der Waals surface area contributed by atoms with E-state index in [2.05, 4.69) is 13.8 Å². The largest absolute Gasteiger partial charge is 0.480 e. The number of nitrogens with zero attached hydrogens (tertiary/aromatic N) is 2. The van der Waals surface area contributed by atoms with Gasteiger partial charge in [0.2, 0.25) is 0 Å². The Morgan fingerprint density at radius 2 is 1.90 bits per heavy atom. The van der Waals surface area contributed by atoms with E-state index in [1.54, 1.807) is 20.8 Å². The molecular weight excluding hydrogens is 272 g/mol. The van der Waals surface area contributed by atoms with Gasteiger partial charge in [0, 0.05) is 13.1 Å². The molecule has 0 aromatic carbocycles. The van der Waals surface area contributed by atoms with Crippen molar-refractivity contribution in [2.75, 3.05) is 26.2 Å². The summed E-state index contributed by atoms with van der Waals surface area (Å²) in [5.41, 5.74) is -0.565. The molecule has 1 N–H and O–H groups in total. The van der Waals surface area contributed by atoms with Crippen LogP contribution in [0.4, 0.5) is 4.79 Å². The molecule has 1 aliphatic heterocycles. The van der Waals surface area contributed by atoms with Crippen molar-refractivity contribution in [3.8, 4) is 0 Å². The fraction of sp³-hybridized carbons (Fsp3) is 0.867. The van der Waals surface area contributed by atoms with Gasteiger partial charge in [-0.25, -0.2) is 4.79 Å². The van der Waals surface area contributed by atoms with E-state index in [1.807, 2.05) is 4.90 Å². The topological polar surface area (TPSA) is 70.1 Å². The molecule has 6 heteroatoms. The molecule has 6 nitrogen and oxygen atoms in total. The molecule has 1 saturated heterocycles. The summed E-state index contributed by atoms with van der Waals surface area (Å²) in [7, 11) is 0. The zero-order chi connectivity index (χ0) is 16.2. The van der Waals surface area contributed by atoms with E-state index in [1.165, 1.54) is 4.90 Å². The minimum Gasteiger partial charge on any atom is -0.480 e. The van der Waals surface area contributed by atoms with Crippen molar-refractivity contribution in [3.63, 3.8) is 0 Å². The molecule has 0 radical (unpaired) electrons. The highest BCUT2D eigenvalue weighted by Crippen LogP contribution is 2.16. The summed E-state index contributed by atoms with van der Waals surface area (Å²) in [6.45, 7) is 11.7. The van der Waals surface area contributed by atoms with Crippen LogP contribution in [0.3, 0.4) is 0 Å². The van der Waals surface area contributed by atoms with E-state index in [9.17, 15) is 14.7 Å². The van der Waals surface area contributed by atoms with Gasteiger partial charge in [-0.1, -0.05) is 13.8 Å². The average Bonchev–Trinajstić information content (AvgIpc) is 2.33. The predicted octanol–water partition coefficient (Wildman–Crippen LogP) is 2.04. The van der Waals surface area contributed by atoms with Crippen LogP contribution >= 0.6 is 0 Å². The Balaban J connectivity index is 2.64. The number of piperazine rings is 1. The van der Waals surface area contributed by atoms with Crippen LogP contribution in [0.1, 0.15) is 41.0 Å². The average molecular weight is 300 g/mol. The molecule has 122 valence electrons. The summed E-state index contributed by atoms with van der Waals surface area (Å²) in [5, 5.41) is 9.39. The van der Waals surface area contributed by atoms with E-state index in [4.69, 9.17) is 4.74 Å². The standard InChI is InChI=1S/C15H28N2O4/c1-11(2)6-7-16-8-9-17(10-12(16)13(18)19)14(20)21-15(3,4)5/h11-12H,6-10H2,1-5H3,(H,18,19). The van der Waals surface area contributed by atoms with E-state index < -0.39 is 23.7 Å². The van der Waals surface area contributed by atoms with Crippen LogP contribution in [0.15, 0.2) is 0 Å². The van der Waals surface area contributed by atoms with Gasteiger partial charge in [0.25, 0.3) is 0 Å². The number of carbonyl (C=O) groups excluding carboxylic acids is 1. The minimum absolute atomic E-state index is 0.183. The van der Waals surface area contributed by atoms with Crippen molar-refractivity contribution in [1.29, 1.82) is 0 Å². The molecule has 1 aliphatic rings. The first-order valence-electron chi connectivity index (χ1n) is 7.55. The lowest BCUT2D eigenvalue weighted by Gasteiger charge is -2.39. The fourth-order valence-corrected chi connectivity index (χ4v) is 2.24. The number of carboxylic acid groups (broad SMARTS) is 1. The first-order chi connectivity index (χ1) is 9.60. The van der Waals surface area contributed by atoms with Gasteiger partial charge in [-0.2, -0.15) is 0 Å². The number of hydrogen-bond acceptors (Lipinski definition) is 4. The van der Waals surface area contributed by atoms with Crippen LogP contribution in [0, 0.1) is 5.92 Å². The maximum absolute atomic E-state index is 12.0. The SMILES string of the molecule is CC(C)CCN1CCN(C(=O)OC(C)(C)C)CC1C(=O)O. The number of amides is 1. The smallest absolute Gasteiger partial charge is 0.410 e. The van der Waals surface area contributed by atoms with Gasteiger partial charge in [-0.3, -0.25) is 9.69 Å². The molecule has 0 bridgehead atoms. The van der Waals surface area contributed by atoms with Crippen LogP contribution in [-0.4, -0.2) is 64.8 Å². The maximum atomic E-state index is 12.0.